The molecule has 5 nitrogen and oxygen atoms in total. The highest BCUT2D eigenvalue weighted by atomic mass is 16.5. The molecule has 0 bridgehead atoms. The normalized spacial score (nSPS) is 24.2. The predicted molar refractivity (Wildman–Crippen MR) is 37.1 cm³/mol. The molecule has 0 radical (unpaired) electrons. The fourth-order valence-corrected chi connectivity index (χ4v) is 1.47. The highest BCUT2D eigenvalue weighted by Gasteiger charge is 2.26. The van der Waals surface area contributed by atoms with Gasteiger partial charge >= 0.3 is 0 Å². The molecule has 0 N–H and O–H groups in total. The summed E-state index contributed by atoms with van der Waals surface area (Å²) in [7, 11) is 0. The second-order valence-corrected chi connectivity index (χ2v) is 3.05. The lowest BCUT2D eigenvalue weighted by atomic mass is 9.97. The summed E-state index contributed by atoms with van der Waals surface area (Å²) in [4.78, 5) is 20.8. The quantitative estimate of drug-likeness (QED) is 0.491. The van der Waals surface area contributed by atoms with Gasteiger partial charge in [-0.2, -0.15) is 0 Å². The molecular formula is C8H10O5-2. The van der Waals surface area contributed by atoms with E-state index in [0.29, 0.717) is 13.0 Å². The van der Waals surface area contributed by atoms with Crippen LogP contribution in [0.5, 0.6) is 0 Å². The summed E-state index contributed by atoms with van der Waals surface area (Å²) in [6.45, 7) is 0.488. The monoisotopic (exact) mass is 186 g/mol. The van der Waals surface area contributed by atoms with Crippen molar-refractivity contribution >= 4 is 11.9 Å². The number of ether oxygens (including phenoxy) is 1. The van der Waals surface area contributed by atoms with Crippen LogP contribution in [0.3, 0.4) is 0 Å². The van der Waals surface area contributed by atoms with E-state index in [4.69, 9.17) is 4.74 Å². The first-order chi connectivity index (χ1) is 6.11. The van der Waals surface area contributed by atoms with Gasteiger partial charge in [0.25, 0.3) is 0 Å². The highest BCUT2D eigenvalue weighted by molar-refractivity contribution is 5.76. The van der Waals surface area contributed by atoms with Gasteiger partial charge in [-0.1, -0.05) is 0 Å². The Morgan fingerprint density at radius 2 is 2.15 bits per heavy atom. The summed E-state index contributed by atoms with van der Waals surface area (Å²) in [6, 6.07) is 0. The average molecular weight is 186 g/mol. The SMILES string of the molecule is O=C([O-])C[C@@H](C(=O)[O-])[C@@H]1CCCO1. The van der Waals surface area contributed by atoms with Crippen LogP contribution in [0.25, 0.3) is 0 Å². The summed E-state index contributed by atoms with van der Waals surface area (Å²) < 4.78 is 5.07. The van der Waals surface area contributed by atoms with Crippen molar-refractivity contribution in [1.82, 2.24) is 0 Å². The van der Waals surface area contributed by atoms with Gasteiger partial charge in [-0.25, -0.2) is 0 Å². The Balaban J connectivity index is 2.55. The second-order valence-electron chi connectivity index (χ2n) is 3.05. The topological polar surface area (TPSA) is 89.5 Å². The van der Waals surface area contributed by atoms with Crippen LogP contribution >= 0.6 is 0 Å². The van der Waals surface area contributed by atoms with Crippen LogP contribution in [0.15, 0.2) is 0 Å². The molecule has 1 heterocycles. The van der Waals surface area contributed by atoms with Gasteiger partial charge in [-0.15, -0.1) is 0 Å². The van der Waals surface area contributed by atoms with Crippen molar-refractivity contribution in [3.8, 4) is 0 Å². The van der Waals surface area contributed by atoms with Gasteiger partial charge < -0.3 is 24.5 Å². The van der Waals surface area contributed by atoms with Crippen molar-refractivity contribution < 1.29 is 24.5 Å². The molecule has 0 aromatic heterocycles. The Hall–Kier alpha value is -1.10. The molecule has 0 aromatic carbocycles. The summed E-state index contributed by atoms with van der Waals surface area (Å²) in [5, 5.41) is 20.8. The van der Waals surface area contributed by atoms with Crippen LogP contribution in [0.1, 0.15) is 19.3 Å². The fraction of sp³-hybridized carbons (Fsp3) is 0.750. The zero-order valence-electron chi connectivity index (χ0n) is 7.02. The molecule has 0 spiro atoms. The van der Waals surface area contributed by atoms with Crippen LogP contribution in [0, 0.1) is 5.92 Å². The van der Waals surface area contributed by atoms with Crippen molar-refractivity contribution in [2.24, 2.45) is 5.92 Å². The molecule has 1 aliphatic rings. The van der Waals surface area contributed by atoms with Crippen LogP contribution in [0.4, 0.5) is 0 Å². The van der Waals surface area contributed by atoms with E-state index in [9.17, 15) is 19.8 Å². The van der Waals surface area contributed by atoms with E-state index in [0.717, 1.165) is 6.42 Å². The third-order valence-corrected chi connectivity index (χ3v) is 2.10. The Kier molecular flexibility index (Phi) is 3.25. The number of hydrogen-bond donors (Lipinski definition) is 0. The summed E-state index contributed by atoms with van der Waals surface area (Å²) in [5.74, 6) is -3.84. The van der Waals surface area contributed by atoms with Gasteiger partial charge in [0.1, 0.15) is 0 Å². The number of carbonyl (C=O) groups is 2. The molecule has 74 valence electrons. The summed E-state index contributed by atoms with van der Waals surface area (Å²) in [6.07, 6.45) is 0.281. The van der Waals surface area contributed by atoms with Crippen molar-refractivity contribution in [2.75, 3.05) is 6.61 Å². The van der Waals surface area contributed by atoms with Crippen molar-refractivity contribution in [3.63, 3.8) is 0 Å². The van der Waals surface area contributed by atoms with E-state index in [1.165, 1.54) is 0 Å². The van der Waals surface area contributed by atoms with Gasteiger partial charge in [-0.05, 0) is 19.3 Å². The molecule has 1 saturated heterocycles. The van der Waals surface area contributed by atoms with Crippen LogP contribution < -0.4 is 10.2 Å². The predicted octanol–water partition coefficient (Wildman–Crippen LogP) is -2.33. The number of rotatable bonds is 4. The van der Waals surface area contributed by atoms with Gasteiger partial charge in [0.15, 0.2) is 0 Å². The number of carbonyl (C=O) groups excluding carboxylic acids is 2. The molecule has 0 aliphatic carbocycles. The molecule has 1 rings (SSSR count). The number of aliphatic carboxylic acids is 2. The van der Waals surface area contributed by atoms with E-state index in [1.807, 2.05) is 0 Å². The lowest BCUT2D eigenvalue weighted by molar-refractivity contribution is -0.323. The number of carboxylic acid groups (broad SMARTS) is 2. The first kappa shape index (κ1) is 9.98. The molecule has 5 heteroatoms. The molecule has 0 aromatic rings. The van der Waals surface area contributed by atoms with E-state index >= 15 is 0 Å². The Morgan fingerprint density at radius 1 is 1.46 bits per heavy atom. The maximum absolute atomic E-state index is 10.5. The first-order valence-electron chi connectivity index (χ1n) is 4.13. The Bertz CT molecular complexity index is 207. The van der Waals surface area contributed by atoms with Gasteiger partial charge in [0.2, 0.25) is 0 Å². The maximum atomic E-state index is 10.5. The van der Waals surface area contributed by atoms with E-state index in [-0.39, 0.29) is 0 Å². The largest absolute Gasteiger partial charge is 0.550 e. The number of hydrogen-bond acceptors (Lipinski definition) is 5. The van der Waals surface area contributed by atoms with Crippen LogP contribution in [-0.2, 0) is 14.3 Å². The molecule has 1 fully saturated rings. The zero-order valence-corrected chi connectivity index (χ0v) is 7.02. The van der Waals surface area contributed by atoms with Gasteiger partial charge in [0, 0.05) is 24.5 Å². The van der Waals surface area contributed by atoms with Gasteiger partial charge in [0.05, 0.1) is 6.10 Å². The third kappa shape index (κ3) is 2.69. The Morgan fingerprint density at radius 3 is 2.54 bits per heavy atom. The number of carboxylic acids is 2. The Labute approximate surface area is 75.3 Å². The van der Waals surface area contributed by atoms with E-state index in [1.54, 1.807) is 0 Å². The lowest BCUT2D eigenvalue weighted by Gasteiger charge is -2.23. The lowest BCUT2D eigenvalue weighted by Crippen LogP contribution is -2.42. The molecule has 0 amide bonds. The van der Waals surface area contributed by atoms with E-state index in [2.05, 4.69) is 0 Å². The summed E-state index contributed by atoms with van der Waals surface area (Å²) in [5.41, 5.74) is 0. The van der Waals surface area contributed by atoms with Crippen LogP contribution in [0.2, 0.25) is 0 Å². The smallest absolute Gasteiger partial charge is 0.0659 e. The second kappa shape index (κ2) is 4.23. The minimum Gasteiger partial charge on any atom is -0.550 e. The molecule has 2 atom stereocenters. The average Bonchev–Trinajstić information content (AvgIpc) is 2.50. The van der Waals surface area contributed by atoms with Gasteiger partial charge in [-0.3, -0.25) is 0 Å². The molecule has 0 saturated carbocycles. The van der Waals surface area contributed by atoms with Crippen molar-refractivity contribution in [3.05, 3.63) is 0 Å². The summed E-state index contributed by atoms with van der Waals surface area (Å²) >= 11 is 0. The van der Waals surface area contributed by atoms with Crippen molar-refractivity contribution in [1.29, 1.82) is 0 Å². The third-order valence-electron chi connectivity index (χ3n) is 2.10. The molecule has 13 heavy (non-hydrogen) atoms. The van der Waals surface area contributed by atoms with Crippen molar-refractivity contribution in [2.45, 2.75) is 25.4 Å². The van der Waals surface area contributed by atoms with E-state index < -0.39 is 30.4 Å². The standard InChI is InChI=1S/C8H12O5/c9-7(10)4-5(8(11)12)6-2-1-3-13-6/h5-6H,1-4H2,(H,9,10)(H,11,12)/p-2/t5-,6+/m1/s1. The highest BCUT2D eigenvalue weighted by Crippen LogP contribution is 2.22. The molecule has 1 aliphatic heterocycles. The van der Waals surface area contributed by atoms with Crippen LogP contribution in [-0.4, -0.2) is 24.6 Å². The fourth-order valence-electron chi connectivity index (χ4n) is 1.47. The minimum absolute atomic E-state index is 0.488. The maximum Gasteiger partial charge on any atom is 0.0659 e. The molecule has 0 unspecified atom stereocenters. The zero-order chi connectivity index (χ0) is 9.84. The first-order valence-corrected chi connectivity index (χ1v) is 4.13. The minimum atomic E-state index is -1.38. The molecular weight excluding hydrogens is 176 g/mol.